The second kappa shape index (κ2) is 6.11. The number of benzene rings is 1. The van der Waals surface area contributed by atoms with E-state index < -0.39 is 7.26 Å². The van der Waals surface area contributed by atoms with Crippen LogP contribution < -0.4 is 9.47 Å². The molecule has 1 aliphatic heterocycles. The van der Waals surface area contributed by atoms with Gasteiger partial charge in [0.25, 0.3) is 0 Å². The highest BCUT2D eigenvalue weighted by Crippen LogP contribution is 2.69. The molecular weight excluding hydrogens is 259 g/mol. The number of ether oxygens (including phenoxy) is 3. The summed E-state index contributed by atoms with van der Waals surface area (Å²) in [5.41, 5.74) is 1.23. The highest BCUT2D eigenvalue weighted by atomic mass is 31.2. The van der Waals surface area contributed by atoms with Gasteiger partial charge in [-0.05, 0) is 39.0 Å². The third-order valence-corrected chi connectivity index (χ3v) is 9.57. The molecule has 0 amide bonds. The van der Waals surface area contributed by atoms with Crippen molar-refractivity contribution >= 4 is 7.26 Å². The average molecular weight is 283 g/mol. The van der Waals surface area contributed by atoms with Crippen molar-refractivity contribution in [1.82, 2.24) is 0 Å². The zero-order chi connectivity index (χ0) is 13.9. The van der Waals surface area contributed by atoms with Crippen molar-refractivity contribution in [3.63, 3.8) is 0 Å². The molecule has 106 valence electrons. The van der Waals surface area contributed by atoms with Gasteiger partial charge in [-0.15, -0.1) is 0 Å². The van der Waals surface area contributed by atoms with E-state index in [1.165, 1.54) is 24.0 Å². The summed E-state index contributed by atoms with van der Waals surface area (Å²) in [4.78, 5) is 0. The summed E-state index contributed by atoms with van der Waals surface area (Å²) < 4.78 is 16.7. The van der Waals surface area contributed by atoms with E-state index in [2.05, 4.69) is 32.9 Å². The maximum atomic E-state index is 5.89. The largest absolute Gasteiger partial charge is 0.454 e. The molecule has 1 unspecified atom stereocenters. The molecule has 0 fully saturated rings. The van der Waals surface area contributed by atoms with E-state index in [0.29, 0.717) is 6.79 Å². The van der Waals surface area contributed by atoms with Crippen LogP contribution in [0.25, 0.3) is 0 Å². The molecule has 0 aliphatic carbocycles. The Morgan fingerprint density at radius 2 is 1.74 bits per heavy atom. The van der Waals surface area contributed by atoms with Crippen molar-refractivity contribution in [1.29, 1.82) is 0 Å². The molecule has 2 rings (SSSR count). The fraction of sp³-hybridized carbons (Fsp3) is 0.600. The van der Waals surface area contributed by atoms with Crippen LogP contribution in [0, 0.1) is 0 Å². The van der Waals surface area contributed by atoms with Gasteiger partial charge in [0.1, 0.15) is 0 Å². The molecule has 3 nitrogen and oxygen atoms in total. The van der Waals surface area contributed by atoms with Gasteiger partial charge in [-0.1, -0.05) is 0 Å². The van der Waals surface area contributed by atoms with E-state index in [-0.39, 0.29) is 5.85 Å². The second-order valence-electron chi connectivity index (χ2n) is 4.87. The summed E-state index contributed by atoms with van der Waals surface area (Å²) in [5.74, 6) is 1.90. The van der Waals surface area contributed by atoms with Crippen LogP contribution >= 0.6 is 7.26 Å². The summed E-state index contributed by atoms with van der Waals surface area (Å²) in [6.07, 6.45) is 3.65. The minimum Gasteiger partial charge on any atom is -0.454 e. The Labute approximate surface area is 116 Å². The Morgan fingerprint density at radius 1 is 1.11 bits per heavy atom. The van der Waals surface area contributed by atoms with Crippen molar-refractivity contribution in [2.45, 2.75) is 26.6 Å². The van der Waals surface area contributed by atoms with Crippen molar-refractivity contribution in [2.75, 3.05) is 32.4 Å². The van der Waals surface area contributed by atoms with Gasteiger partial charge >= 0.3 is 0 Å². The first-order valence-corrected chi connectivity index (χ1v) is 9.40. The number of fused-ring (bicyclic) bond motifs is 1. The first kappa shape index (κ1) is 14.6. The van der Waals surface area contributed by atoms with Gasteiger partial charge in [0.2, 0.25) is 6.79 Å². The smallest absolute Gasteiger partial charge is 0.231 e. The minimum absolute atomic E-state index is 0.210. The van der Waals surface area contributed by atoms with Gasteiger partial charge in [-0.25, -0.2) is 0 Å². The Balaban J connectivity index is 2.36. The second-order valence-corrected chi connectivity index (χ2v) is 9.67. The van der Waals surface area contributed by atoms with Gasteiger partial charge in [0.15, 0.2) is 17.3 Å². The first-order valence-electron chi connectivity index (χ1n) is 6.98. The molecule has 0 saturated carbocycles. The molecule has 19 heavy (non-hydrogen) atoms. The van der Waals surface area contributed by atoms with E-state index in [1.807, 2.05) is 13.2 Å². The Kier molecular flexibility index (Phi) is 4.70. The fourth-order valence-corrected chi connectivity index (χ4v) is 6.49. The van der Waals surface area contributed by atoms with Crippen LogP contribution in [0.5, 0.6) is 11.5 Å². The Bertz CT molecular complexity index is 421. The lowest BCUT2D eigenvalue weighted by Crippen LogP contribution is -2.14. The summed E-state index contributed by atoms with van der Waals surface area (Å²) >= 11 is 0. The molecular formula is C15H24O3P+. The van der Waals surface area contributed by atoms with E-state index in [1.54, 1.807) is 0 Å². The first-order chi connectivity index (χ1) is 9.20. The normalized spacial score (nSPS) is 15.6. The number of methoxy groups -OCH3 is 1. The lowest BCUT2D eigenvalue weighted by molar-refractivity contribution is 0.166. The molecule has 0 N–H and O–H groups in total. The monoisotopic (exact) mass is 283 g/mol. The van der Waals surface area contributed by atoms with Gasteiger partial charge in [0.05, 0.1) is 18.5 Å². The van der Waals surface area contributed by atoms with Gasteiger partial charge in [-0.3, -0.25) is 0 Å². The molecule has 0 spiro atoms. The molecule has 0 saturated heterocycles. The predicted molar refractivity (Wildman–Crippen MR) is 80.9 cm³/mol. The Morgan fingerprint density at radius 3 is 2.32 bits per heavy atom. The van der Waals surface area contributed by atoms with E-state index >= 15 is 0 Å². The summed E-state index contributed by atoms with van der Waals surface area (Å²) in [5, 5.41) is 0. The SMILES string of the molecule is CC[P+](CC)(CC)C(OC)c1ccc2c(c1)OCO2. The topological polar surface area (TPSA) is 27.7 Å². The predicted octanol–water partition coefficient (Wildman–Crippen LogP) is 4.14. The highest BCUT2D eigenvalue weighted by molar-refractivity contribution is 7.75. The maximum absolute atomic E-state index is 5.89. The third kappa shape index (κ3) is 2.59. The maximum Gasteiger partial charge on any atom is 0.231 e. The highest BCUT2D eigenvalue weighted by Gasteiger charge is 2.42. The van der Waals surface area contributed by atoms with E-state index in [9.17, 15) is 0 Å². The van der Waals surface area contributed by atoms with Crippen molar-refractivity contribution < 1.29 is 14.2 Å². The third-order valence-electron chi connectivity index (χ3n) is 4.29. The lowest BCUT2D eigenvalue weighted by atomic mass is 10.2. The average Bonchev–Trinajstić information content (AvgIpc) is 2.92. The molecule has 1 aromatic rings. The quantitative estimate of drug-likeness (QED) is 0.734. The van der Waals surface area contributed by atoms with Crippen LogP contribution in [0.1, 0.15) is 32.2 Å². The zero-order valence-electron chi connectivity index (χ0n) is 12.3. The molecule has 1 atom stereocenters. The molecule has 1 aliphatic rings. The molecule has 0 bridgehead atoms. The van der Waals surface area contributed by atoms with Crippen LogP contribution in [-0.2, 0) is 4.74 Å². The van der Waals surface area contributed by atoms with Crippen molar-refractivity contribution in [3.8, 4) is 11.5 Å². The number of hydrogen-bond donors (Lipinski definition) is 0. The minimum atomic E-state index is -1.11. The van der Waals surface area contributed by atoms with Crippen LogP contribution in [0.3, 0.4) is 0 Å². The van der Waals surface area contributed by atoms with Crippen molar-refractivity contribution in [2.24, 2.45) is 0 Å². The number of hydrogen-bond acceptors (Lipinski definition) is 3. The lowest BCUT2D eigenvalue weighted by Gasteiger charge is -2.31. The van der Waals surface area contributed by atoms with E-state index in [4.69, 9.17) is 14.2 Å². The van der Waals surface area contributed by atoms with Crippen LogP contribution in [-0.4, -0.2) is 32.4 Å². The molecule has 0 aromatic heterocycles. The standard InChI is InChI=1S/C15H24O3P/c1-5-19(6-2,7-3)15(16-4)12-8-9-13-14(10-12)18-11-17-13/h8-10,15H,5-7,11H2,1-4H3/q+1. The molecule has 1 heterocycles. The van der Waals surface area contributed by atoms with Gasteiger partial charge in [0, 0.05) is 19.9 Å². The van der Waals surface area contributed by atoms with Gasteiger partial charge < -0.3 is 14.2 Å². The molecule has 0 radical (unpaired) electrons. The van der Waals surface area contributed by atoms with Gasteiger partial charge in [-0.2, -0.15) is 0 Å². The van der Waals surface area contributed by atoms with Crippen molar-refractivity contribution in [3.05, 3.63) is 23.8 Å². The summed E-state index contributed by atoms with van der Waals surface area (Å²) in [6, 6.07) is 6.21. The molecule has 4 heteroatoms. The zero-order valence-corrected chi connectivity index (χ0v) is 13.2. The fourth-order valence-electron chi connectivity index (χ4n) is 2.91. The number of rotatable bonds is 6. The van der Waals surface area contributed by atoms with E-state index in [0.717, 1.165) is 11.5 Å². The summed E-state index contributed by atoms with van der Waals surface area (Å²) in [6.45, 7) is 7.20. The summed E-state index contributed by atoms with van der Waals surface area (Å²) in [7, 11) is 0.710. The van der Waals surface area contributed by atoms with Crippen LogP contribution in [0.4, 0.5) is 0 Å². The molecule has 1 aromatic carbocycles. The Hall–Kier alpha value is -0.790. The van der Waals surface area contributed by atoms with Crippen LogP contribution in [0.2, 0.25) is 0 Å². The van der Waals surface area contributed by atoms with Crippen LogP contribution in [0.15, 0.2) is 18.2 Å².